The lowest BCUT2D eigenvalue weighted by Crippen LogP contribution is -2.40. The number of rotatable bonds is 1. The number of hydrogen-bond acceptors (Lipinski definition) is 4. The zero-order chi connectivity index (χ0) is 6.97. The fourth-order valence-electron chi connectivity index (χ4n) is 0.986. The van der Waals surface area contributed by atoms with Crippen molar-refractivity contribution in [2.45, 2.75) is 5.92 Å². The molecule has 0 aliphatic carbocycles. The second-order valence-electron chi connectivity index (χ2n) is 2.47. The molecule has 1 aliphatic heterocycles. The molecule has 0 unspecified atom stereocenters. The van der Waals surface area contributed by atoms with Crippen LogP contribution in [0.15, 0.2) is 10.7 Å². The largest absolute Gasteiger partial charge is 0.432 e. The summed E-state index contributed by atoms with van der Waals surface area (Å²) in [5, 5.41) is 3.15. The number of anilines is 1. The lowest BCUT2D eigenvalue weighted by Gasteiger charge is -2.24. The number of hydrogen-bond donors (Lipinski definition) is 2. The maximum atomic E-state index is 5.30. The van der Waals surface area contributed by atoms with Crippen LogP contribution in [-0.4, -0.2) is 18.1 Å². The summed E-state index contributed by atoms with van der Waals surface area (Å²) in [4.78, 5) is 4.00. The first-order valence-corrected chi connectivity index (χ1v) is 3.28. The molecule has 1 aliphatic rings. The third-order valence-electron chi connectivity index (χ3n) is 1.74. The van der Waals surface area contributed by atoms with Crippen LogP contribution in [0.25, 0.3) is 0 Å². The van der Waals surface area contributed by atoms with Gasteiger partial charge in [-0.2, -0.15) is 4.98 Å². The highest BCUT2D eigenvalue weighted by atomic mass is 16.4. The van der Waals surface area contributed by atoms with E-state index in [1.54, 1.807) is 6.26 Å². The summed E-state index contributed by atoms with van der Waals surface area (Å²) in [5.41, 5.74) is 6.27. The van der Waals surface area contributed by atoms with Gasteiger partial charge in [0.2, 0.25) is 0 Å². The van der Waals surface area contributed by atoms with Crippen molar-refractivity contribution in [2.75, 3.05) is 18.8 Å². The minimum Gasteiger partial charge on any atom is -0.432 e. The maximum Gasteiger partial charge on any atom is 0.292 e. The standard InChI is InChI=1S/C6H9N3O/c7-6-9-5(3-10-6)4-1-8-2-4/h3-4,8H,1-2H2,(H2,7,9). The number of nitrogens with two attached hydrogens (primary N) is 1. The van der Waals surface area contributed by atoms with E-state index in [-0.39, 0.29) is 6.01 Å². The first-order valence-electron chi connectivity index (χ1n) is 3.28. The highest BCUT2D eigenvalue weighted by molar-refractivity contribution is 5.17. The molecule has 2 heterocycles. The third kappa shape index (κ3) is 0.769. The minimum atomic E-state index is 0.266. The summed E-state index contributed by atoms with van der Waals surface area (Å²) in [6, 6.07) is 0.266. The predicted octanol–water partition coefficient (Wildman–Crippen LogP) is -0.0564. The third-order valence-corrected chi connectivity index (χ3v) is 1.74. The fraction of sp³-hybridized carbons (Fsp3) is 0.500. The lowest BCUT2D eigenvalue weighted by atomic mass is 10.0. The number of aromatic nitrogens is 1. The van der Waals surface area contributed by atoms with Crippen LogP contribution in [0, 0.1) is 0 Å². The van der Waals surface area contributed by atoms with Crippen LogP contribution < -0.4 is 11.1 Å². The Balaban J connectivity index is 2.17. The monoisotopic (exact) mass is 139 g/mol. The molecule has 4 heteroatoms. The van der Waals surface area contributed by atoms with Crippen LogP contribution >= 0.6 is 0 Å². The second-order valence-corrected chi connectivity index (χ2v) is 2.47. The first-order chi connectivity index (χ1) is 4.86. The SMILES string of the molecule is Nc1nc(C2CNC2)co1. The first kappa shape index (κ1) is 5.73. The van der Waals surface area contributed by atoms with E-state index < -0.39 is 0 Å². The molecule has 0 bridgehead atoms. The van der Waals surface area contributed by atoms with E-state index in [9.17, 15) is 0 Å². The molecule has 0 spiro atoms. The summed E-state index contributed by atoms with van der Waals surface area (Å²) in [6.07, 6.45) is 1.63. The molecule has 1 aromatic heterocycles. The van der Waals surface area contributed by atoms with E-state index in [0.29, 0.717) is 5.92 Å². The van der Waals surface area contributed by atoms with Gasteiger partial charge in [0.25, 0.3) is 6.01 Å². The Morgan fingerprint density at radius 3 is 2.90 bits per heavy atom. The summed E-state index contributed by atoms with van der Waals surface area (Å²) in [6.45, 7) is 1.98. The molecule has 3 N–H and O–H groups in total. The van der Waals surface area contributed by atoms with Gasteiger partial charge in [0.1, 0.15) is 6.26 Å². The van der Waals surface area contributed by atoms with Crippen LogP contribution in [0.5, 0.6) is 0 Å². The smallest absolute Gasteiger partial charge is 0.292 e. The topological polar surface area (TPSA) is 64.1 Å². The molecule has 0 atom stereocenters. The van der Waals surface area contributed by atoms with Gasteiger partial charge in [-0.05, 0) is 0 Å². The van der Waals surface area contributed by atoms with E-state index in [2.05, 4.69) is 10.3 Å². The van der Waals surface area contributed by atoms with Gasteiger partial charge in [-0.1, -0.05) is 0 Å². The lowest BCUT2D eigenvalue weighted by molar-refractivity contribution is 0.438. The van der Waals surface area contributed by atoms with Crippen molar-refractivity contribution in [3.63, 3.8) is 0 Å². The summed E-state index contributed by atoms with van der Waals surface area (Å²) in [5.74, 6) is 0.515. The summed E-state index contributed by atoms with van der Waals surface area (Å²) < 4.78 is 4.86. The van der Waals surface area contributed by atoms with E-state index in [1.165, 1.54) is 0 Å². The van der Waals surface area contributed by atoms with Crippen molar-refractivity contribution in [2.24, 2.45) is 0 Å². The Hall–Kier alpha value is -1.03. The Morgan fingerprint density at radius 1 is 1.70 bits per heavy atom. The number of nitrogens with one attached hydrogen (secondary N) is 1. The van der Waals surface area contributed by atoms with Gasteiger partial charge >= 0.3 is 0 Å². The molecule has 0 radical (unpaired) electrons. The van der Waals surface area contributed by atoms with E-state index in [0.717, 1.165) is 18.8 Å². The van der Waals surface area contributed by atoms with Crippen LogP contribution in [-0.2, 0) is 0 Å². The van der Waals surface area contributed by atoms with Gasteiger partial charge in [-0.3, -0.25) is 0 Å². The van der Waals surface area contributed by atoms with Crippen LogP contribution in [0.2, 0.25) is 0 Å². The number of nitrogens with zero attached hydrogens (tertiary/aromatic N) is 1. The Kier molecular flexibility index (Phi) is 1.14. The molecule has 1 saturated heterocycles. The average molecular weight is 139 g/mol. The maximum absolute atomic E-state index is 5.30. The molecule has 1 fully saturated rings. The van der Waals surface area contributed by atoms with Crippen molar-refractivity contribution in [1.82, 2.24) is 10.3 Å². The predicted molar refractivity (Wildman–Crippen MR) is 36.5 cm³/mol. The van der Waals surface area contributed by atoms with Gasteiger partial charge in [-0.15, -0.1) is 0 Å². The molecule has 1 aromatic rings. The fourth-order valence-corrected chi connectivity index (χ4v) is 0.986. The quantitative estimate of drug-likeness (QED) is 0.572. The van der Waals surface area contributed by atoms with Gasteiger partial charge in [0.15, 0.2) is 0 Å². The molecular formula is C6H9N3O. The van der Waals surface area contributed by atoms with Crippen LogP contribution in [0.4, 0.5) is 6.01 Å². The Labute approximate surface area is 58.4 Å². The van der Waals surface area contributed by atoms with Gasteiger partial charge in [-0.25, -0.2) is 0 Å². The molecule has 0 saturated carbocycles. The molecule has 54 valence electrons. The molecule has 2 rings (SSSR count). The van der Waals surface area contributed by atoms with Gasteiger partial charge in [0.05, 0.1) is 5.69 Å². The van der Waals surface area contributed by atoms with Crippen molar-refractivity contribution >= 4 is 6.01 Å². The normalized spacial score (nSPS) is 18.8. The van der Waals surface area contributed by atoms with Crippen molar-refractivity contribution < 1.29 is 4.42 Å². The highest BCUT2D eigenvalue weighted by Gasteiger charge is 2.21. The highest BCUT2D eigenvalue weighted by Crippen LogP contribution is 2.18. The van der Waals surface area contributed by atoms with E-state index >= 15 is 0 Å². The zero-order valence-corrected chi connectivity index (χ0v) is 5.50. The Morgan fingerprint density at radius 2 is 2.50 bits per heavy atom. The van der Waals surface area contributed by atoms with Crippen molar-refractivity contribution in [3.05, 3.63) is 12.0 Å². The number of nitrogen functional groups attached to an aromatic ring is 1. The molecule has 4 nitrogen and oxygen atoms in total. The molecule has 0 aromatic carbocycles. The Bertz CT molecular complexity index is 229. The second kappa shape index (κ2) is 1.98. The van der Waals surface area contributed by atoms with Gasteiger partial charge < -0.3 is 15.5 Å². The minimum absolute atomic E-state index is 0.266. The van der Waals surface area contributed by atoms with Gasteiger partial charge in [0, 0.05) is 19.0 Å². The van der Waals surface area contributed by atoms with E-state index in [1.807, 2.05) is 0 Å². The van der Waals surface area contributed by atoms with Crippen molar-refractivity contribution in [3.8, 4) is 0 Å². The number of oxazole rings is 1. The van der Waals surface area contributed by atoms with Crippen LogP contribution in [0.1, 0.15) is 11.6 Å². The average Bonchev–Trinajstić information content (AvgIpc) is 2.10. The zero-order valence-electron chi connectivity index (χ0n) is 5.50. The summed E-state index contributed by atoms with van der Waals surface area (Å²) in [7, 11) is 0. The molecular weight excluding hydrogens is 130 g/mol. The van der Waals surface area contributed by atoms with Crippen molar-refractivity contribution in [1.29, 1.82) is 0 Å². The van der Waals surface area contributed by atoms with Crippen LogP contribution in [0.3, 0.4) is 0 Å². The summed E-state index contributed by atoms with van der Waals surface area (Å²) >= 11 is 0. The van der Waals surface area contributed by atoms with E-state index in [4.69, 9.17) is 10.2 Å². The molecule has 0 amide bonds. The molecule has 10 heavy (non-hydrogen) atoms.